The number of aromatic nitrogens is 1. The quantitative estimate of drug-likeness (QED) is 0.431. The van der Waals surface area contributed by atoms with Gasteiger partial charge in [0, 0.05) is 13.7 Å². The van der Waals surface area contributed by atoms with E-state index in [-0.39, 0.29) is 12.3 Å². The predicted octanol–water partition coefficient (Wildman–Crippen LogP) is 3.96. The van der Waals surface area contributed by atoms with Crippen molar-refractivity contribution in [2.75, 3.05) is 20.8 Å². The maximum Gasteiger partial charge on any atom is 0.337 e. The van der Waals surface area contributed by atoms with Crippen molar-refractivity contribution < 1.29 is 19.1 Å². The van der Waals surface area contributed by atoms with Crippen LogP contribution < -0.4 is 4.80 Å². The molecule has 0 aliphatic heterocycles. The van der Waals surface area contributed by atoms with Crippen LogP contribution in [0.15, 0.2) is 65.7 Å². The molecule has 0 aliphatic carbocycles. The molecule has 4 aromatic rings. The van der Waals surface area contributed by atoms with Crippen LogP contribution in [0, 0.1) is 0 Å². The van der Waals surface area contributed by atoms with E-state index in [4.69, 9.17) is 9.47 Å². The van der Waals surface area contributed by atoms with Crippen molar-refractivity contribution in [3.8, 4) is 0 Å². The number of esters is 1. The van der Waals surface area contributed by atoms with Crippen LogP contribution in [0.4, 0.5) is 0 Å². The summed E-state index contributed by atoms with van der Waals surface area (Å²) in [5.41, 5.74) is 2.28. The number of carbonyl (C=O) groups is 2. The molecule has 0 N–H and O–H groups in total. The molecule has 1 amide bonds. The van der Waals surface area contributed by atoms with Gasteiger partial charge in [-0.2, -0.15) is 4.99 Å². The second kappa shape index (κ2) is 9.24. The normalized spacial score (nSPS) is 11.9. The van der Waals surface area contributed by atoms with Gasteiger partial charge in [0.2, 0.25) is 0 Å². The Kier molecular flexibility index (Phi) is 6.25. The van der Waals surface area contributed by atoms with Gasteiger partial charge >= 0.3 is 5.97 Å². The number of ether oxygens (including phenoxy) is 2. The summed E-state index contributed by atoms with van der Waals surface area (Å²) in [6.07, 6.45) is 0.219. The summed E-state index contributed by atoms with van der Waals surface area (Å²) in [6, 6.07) is 19.4. The summed E-state index contributed by atoms with van der Waals surface area (Å²) in [7, 11) is 2.98. The first-order valence-corrected chi connectivity index (χ1v) is 10.7. The molecule has 0 radical (unpaired) electrons. The molecule has 0 unspecified atom stereocenters. The van der Waals surface area contributed by atoms with Gasteiger partial charge in [0.25, 0.3) is 5.91 Å². The van der Waals surface area contributed by atoms with E-state index in [0.29, 0.717) is 23.5 Å². The molecule has 3 aromatic carbocycles. The lowest BCUT2D eigenvalue weighted by Gasteiger charge is -2.05. The minimum Gasteiger partial charge on any atom is -0.465 e. The van der Waals surface area contributed by atoms with Crippen LogP contribution in [-0.2, 0) is 27.2 Å². The van der Waals surface area contributed by atoms with Crippen molar-refractivity contribution in [2.24, 2.45) is 4.99 Å². The van der Waals surface area contributed by atoms with E-state index in [9.17, 15) is 9.59 Å². The fraction of sp³-hybridized carbons (Fsp3) is 0.208. The van der Waals surface area contributed by atoms with Crippen LogP contribution in [0.1, 0.15) is 15.9 Å². The molecule has 0 saturated carbocycles. The van der Waals surface area contributed by atoms with Gasteiger partial charge in [-0.1, -0.05) is 53.8 Å². The number of rotatable bonds is 6. The van der Waals surface area contributed by atoms with E-state index in [2.05, 4.69) is 4.99 Å². The van der Waals surface area contributed by atoms with E-state index in [1.807, 2.05) is 53.1 Å². The lowest BCUT2D eigenvalue weighted by molar-refractivity contribution is -0.117. The van der Waals surface area contributed by atoms with E-state index in [0.717, 1.165) is 26.6 Å². The average Bonchev–Trinajstić information content (AvgIpc) is 3.12. The maximum absolute atomic E-state index is 12.8. The smallest absolute Gasteiger partial charge is 0.337 e. The molecule has 0 saturated heterocycles. The molecule has 6 nitrogen and oxygen atoms in total. The second-order valence-corrected chi connectivity index (χ2v) is 8.08. The highest BCUT2D eigenvalue weighted by molar-refractivity contribution is 7.16. The first-order chi connectivity index (χ1) is 15.1. The summed E-state index contributed by atoms with van der Waals surface area (Å²) in [6.45, 7) is 1.03. The average molecular weight is 435 g/mol. The number of nitrogens with zero attached hydrogens (tertiary/aromatic N) is 2. The minimum absolute atomic E-state index is 0.219. The highest BCUT2D eigenvalue weighted by Gasteiger charge is 2.12. The molecule has 158 valence electrons. The maximum atomic E-state index is 12.8. The van der Waals surface area contributed by atoms with Crippen LogP contribution in [-0.4, -0.2) is 37.3 Å². The van der Waals surface area contributed by atoms with Crippen LogP contribution in [0.3, 0.4) is 0 Å². The number of hydrogen-bond donors (Lipinski definition) is 0. The summed E-state index contributed by atoms with van der Waals surface area (Å²) in [5, 5.41) is 2.24. The third kappa shape index (κ3) is 4.57. The molecule has 0 aliphatic rings. The molecular weight excluding hydrogens is 412 g/mol. The topological polar surface area (TPSA) is 69.9 Å². The SMILES string of the molecule is COCCn1c(=NC(=O)Cc2ccc3ccccc3c2)sc2cc(C(=O)OC)ccc21. The Bertz CT molecular complexity index is 1340. The summed E-state index contributed by atoms with van der Waals surface area (Å²) in [4.78, 5) is 29.6. The third-order valence-electron chi connectivity index (χ3n) is 5.01. The van der Waals surface area contributed by atoms with Crippen LogP contribution in [0.2, 0.25) is 0 Å². The van der Waals surface area contributed by atoms with Crippen LogP contribution in [0.5, 0.6) is 0 Å². The van der Waals surface area contributed by atoms with Crippen molar-refractivity contribution in [3.05, 3.63) is 76.6 Å². The first kappa shape index (κ1) is 21.0. The van der Waals surface area contributed by atoms with Crippen LogP contribution in [0.25, 0.3) is 21.0 Å². The zero-order valence-electron chi connectivity index (χ0n) is 17.3. The molecule has 4 rings (SSSR count). The van der Waals surface area contributed by atoms with Gasteiger partial charge in [0.15, 0.2) is 4.80 Å². The van der Waals surface area contributed by atoms with Gasteiger partial charge in [-0.15, -0.1) is 0 Å². The Morgan fingerprint density at radius 2 is 1.81 bits per heavy atom. The number of hydrogen-bond acceptors (Lipinski definition) is 5. The van der Waals surface area contributed by atoms with Crippen molar-refractivity contribution in [1.29, 1.82) is 0 Å². The van der Waals surface area contributed by atoms with Gasteiger partial charge < -0.3 is 14.0 Å². The largest absolute Gasteiger partial charge is 0.465 e. The Balaban J connectivity index is 1.69. The Hall–Kier alpha value is -3.29. The summed E-state index contributed by atoms with van der Waals surface area (Å²) >= 11 is 1.37. The highest BCUT2D eigenvalue weighted by Crippen LogP contribution is 2.20. The molecule has 7 heteroatoms. The van der Waals surface area contributed by atoms with E-state index in [1.165, 1.54) is 18.4 Å². The second-order valence-electron chi connectivity index (χ2n) is 7.07. The lowest BCUT2D eigenvalue weighted by atomic mass is 10.1. The monoisotopic (exact) mass is 434 g/mol. The van der Waals surface area contributed by atoms with Crippen molar-refractivity contribution >= 4 is 44.2 Å². The molecule has 0 fully saturated rings. The third-order valence-corrected chi connectivity index (χ3v) is 6.05. The first-order valence-electron chi connectivity index (χ1n) is 9.85. The zero-order chi connectivity index (χ0) is 21.8. The number of carbonyl (C=O) groups excluding carboxylic acids is 2. The number of benzene rings is 3. The van der Waals surface area contributed by atoms with E-state index in [1.54, 1.807) is 19.2 Å². The molecule has 0 atom stereocenters. The molecule has 1 aromatic heterocycles. The Labute approximate surface area is 183 Å². The summed E-state index contributed by atoms with van der Waals surface area (Å²) in [5.74, 6) is -0.620. The van der Waals surface area contributed by atoms with Crippen molar-refractivity contribution in [1.82, 2.24) is 4.57 Å². The molecule has 0 spiro atoms. The predicted molar refractivity (Wildman–Crippen MR) is 121 cm³/mol. The van der Waals surface area contributed by atoms with E-state index >= 15 is 0 Å². The number of thiazole rings is 1. The summed E-state index contributed by atoms with van der Waals surface area (Å²) < 4.78 is 12.8. The van der Waals surface area contributed by atoms with Crippen LogP contribution >= 0.6 is 11.3 Å². The lowest BCUT2D eigenvalue weighted by Crippen LogP contribution is -2.19. The fourth-order valence-electron chi connectivity index (χ4n) is 3.47. The molecule has 1 heterocycles. The van der Waals surface area contributed by atoms with Crippen molar-refractivity contribution in [2.45, 2.75) is 13.0 Å². The van der Waals surface area contributed by atoms with Gasteiger partial charge in [-0.25, -0.2) is 4.79 Å². The number of amides is 1. The standard InChI is InChI=1S/C24H22N2O4S/c1-29-12-11-26-20-10-9-19(23(28)30-2)15-21(20)31-24(26)25-22(27)14-16-7-8-17-5-3-4-6-18(17)13-16/h3-10,13,15H,11-12,14H2,1-2H3. The van der Waals surface area contributed by atoms with Gasteiger partial charge in [0.1, 0.15) is 0 Å². The Morgan fingerprint density at radius 3 is 2.58 bits per heavy atom. The van der Waals surface area contributed by atoms with Gasteiger partial charge in [-0.05, 0) is 34.5 Å². The fourth-order valence-corrected chi connectivity index (χ4v) is 4.58. The van der Waals surface area contributed by atoms with E-state index < -0.39 is 5.97 Å². The highest BCUT2D eigenvalue weighted by atomic mass is 32.1. The Morgan fingerprint density at radius 1 is 1.00 bits per heavy atom. The molecule has 0 bridgehead atoms. The molecular formula is C24H22N2O4S. The van der Waals surface area contributed by atoms with Gasteiger partial charge in [0.05, 0.1) is 35.9 Å². The number of fused-ring (bicyclic) bond motifs is 2. The van der Waals surface area contributed by atoms with Crippen molar-refractivity contribution in [3.63, 3.8) is 0 Å². The minimum atomic E-state index is -0.399. The zero-order valence-corrected chi connectivity index (χ0v) is 18.1. The molecule has 31 heavy (non-hydrogen) atoms. The van der Waals surface area contributed by atoms with Gasteiger partial charge in [-0.3, -0.25) is 4.79 Å². The number of methoxy groups -OCH3 is 2.